The molecule has 0 bridgehead atoms. The Kier molecular flexibility index (Phi) is 6.47. The smallest absolute Gasteiger partial charge is 0.252 e. The molecule has 0 fully saturated rings. The molecule has 0 saturated heterocycles. The minimum atomic E-state index is -0.551. The zero-order valence-electron chi connectivity index (χ0n) is 14.5. The molecule has 0 heterocycles. The van der Waals surface area contributed by atoms with Gasteiger partial charge in [0.2, 0.25) is 0 Å². The van der Waals surface area contributed by atoms with E-state index in [0.717, 1.165) is 11.4 Å². The lowest BCUT2D eigenvalue weighted by Gasteiger charge is -2.14. The highest BCUT2D eigenvalue weighted by Gasteiger charge is 2.11. The SMILES string of the molecule is COCCOc1cc(Nc2ccc(OC)c(OC)c2)ccc1C(N)=O. The van der Waals surface area contributed by atoms with E-state index in [1.807, 2.05) is 12.1 Å². The third-order valence-corrected chi connectivity index (χ3v) is 3.46. The normalized spacial score (nSPS) is 10.2. The van der Waals surface area contributed by atoms with E-state index in [9.17, 15) is 4.79 Å². The predicted molar refractivity (Wildman–Crippen MR) is 95.2 cm³/mol. The van der Waals surface area contributed by atoms with Crippen LogP contribution in [0.3, 0.4) is 0 Å². The summed E-state index contributed by atoms with van der Waals surface area (Å²) in [5.41, 5.74) is 7.24. The van der Waals surface area contributed by atoms with Gasteiger partial charge in [-0.2, -0.15) is 0 Å². The maximum absolute atomic E-state index is 11.5. The molecule has 0 atom stereocenters. The van der Waals surface area contributed by atoms with Crippen molar-refractivity contribution in [2.45, 2.75) is 0 Å². The van der Waals surface area contributed by atoms with Crippen molar-refractivity contribution in [3.05, 3.63) is 42.0 Å². The molecule has 7 heteroatoms. The van der Waals surface area contributed by atoms with Crippen molar-refractivity contribution < 1.29 is 23.7 Å². The van der Waals surface area contributed by atoms with E-state index >= 15 is 0 Å². The van der Waals surface area contributed by atoms with E-state index in [0.29, 0.717) is 36.0 Å². The van der Waals surface area contributed by atoms with Crippen LogP contribution in [0.4, 0.5) is 11.4 Å². The van der Waals surface area contributed by atoms with Crippen LogP contribution < -0.4 is 25.3 Å². The average molecular weight is 346 g/mol. The number of anilines is 2. The summed E-state index contributed by atoms with van der Waals surface area (Å²) >= 11 is 0. The predicted octanol–water partition coefficient (Wildman–Crippen LogP) is 2.57. The summed E-state index contributed by atoms with van der Waals surface area (Å²) in [5.74, 6) is 1.10. The molecule has 1 amide bonds. The molecule has 2 rings (SSSR count). The van der Waals surface area contributed by atoms with Crippen LogP contribution in [-0.4, -0.2) is 40.5 Å². The van der Waals surface area contributed by atoms with Crippen molar-refractivity contribution in [1.29, 1.82) is 0 Å². The topological polar surface area (TPSA) is 92.0 Å². The molecule has 0 aromatic heterocycles. The first-order valence-corrected chi connectivity index (χ1v) is 7.63. The van der Waals surface area contributed by atoms with Crippen LogP contribution in [0.2, 0.25) is 0 Å². The molecule has 0 spiro atoms. The number of nitrogens with one attached hydrogen (secondary N) is 1. The fourth-order valence-corrected chi connectivity index (χ4v) is 2.24. The van der Waals surface area contributed by atoms with Crippen molar-refractivity contribution in [2.75, 3.05) is 39.9 Å². The van der Waals surface area contributed by atoms with E-state index in [1.165, 1.54) is 0 Å². The quantitative estimate of drug-likeness (QED) is 0.678. The lowest BCUT2D eigenvalue weighted by Crippen LogP contribution is -2.14. The van der Waals surface area contributed by atoms with Crippen LogP contribution in [0.1, 0.15) is 10.4 Å². The van der Waals surface area contributed by atoms with Crippen molar-refractivity contribution in [1.82, 2.24) is 0 Å². The van der Waals surface area contributed by atoms with Gasteiger partial charge in [0.05, 0.1) is 26.4 Å². The Balaban J connectivity index is 2.24. The Bertz CT molecular complexity index is 733. The minimum Gasteiger partial charge on any atom is -0.493 e. The van der Waals surface area contributed by atoms with Gasteiger partial charge < -0.3 is 30.0 Å². The number of hydrogen-bond acceptors (Lipinski definition) is 6. The van der Waals surface area contributed by atoms with Gasteiger partial charge in [-0.25, -0.2) is 0 Å². The maximum atomic E-state index is 11.5. The van der Waals surface area contributed by atoms with Crippen LogP contribution in [0.5, 0.6) is 17.2 Å². The lowest BCUT2D eigenvalue weighted by atomic mass is 10.1. The molecular weight excluding hydrogens is 324 g/mol. The lowest BCUT2D eigenvalue weighted by molar-refractivity contribution is 0.0992. The van der Waals surface area contributed by atoms with Gasteiger partial charge in [-0.3, -0.25) is 4.79 Å². The third kappa shape index (κ3) is 4.77. The molecule has 0 unspecified atom stereocenters. The molecule has 3 N–H and O–H groups in total. The molecule has 134 valence electrons. The maximum Gasteiger partial charge on any atom is 0.252 e. The number of amides is 1. The van der Waals surface area contributed by atoms with Gasteiger partial charge in [0, 0.05) is 30.6 Å². The number of primary amides is 1. The number of nitrogens with two attached hydrogens (primary N) is 1. The van der Waals surface area contributed by atoms with Gasteiger partial charge >= 0.3 is 0 Å². The Labute approximate surface area is 146 Å². The average Bonchev–Trinajstić information content (AvgIpc) is 2.61. The molecule has 7 nitrogen and oxygen atoms in total. The van der Waals surface area contributed by atoms with Gasteiger partial charge in [0.15, 0.2) is 11.5 Å². The van der Waals surface area contributed by atoms with Gasteiger partial charge in [-0.05, 0) is 24.3 Å². The largest absolute Gasteiger partial charge is 0.493 e. The minimum absolute atomic E-state index is 0.314. The van der Waals surface area contributed by atoms with Crippen LogP contribution in [0, 0.1) is 0 Å². The number of ether oxygens (including phenoxy) is 4. The van der Waals surface area contributed by atoms with Gasteiger partial charge in [0.1, 0.15) is 12.4 Å². The highest BCUT2D eigenvalue weighted by molar-refractivity contribution is 5.96. The van der Waals surface area contributed by atoms with E-state index in [2.05, 4.69) is 5.32 Å². The standard InChI is InChI=1S/C18H22N2O5/c1-22-8-9-25-16-10-12(4-6-14(16)18(19)21)20-13-5-7-15(23-2)17(11-13)24-3/h4-7,10-11,20H,8-9H2,1-3H3,(H2,19,21). The second-order valence-corrected chi connectivity index (χ2v) is 5.11. The van der Waals surface area contributed by atoms with Crippen molar-refractivity contribution in [2.24, 2.45) is 5.73 Å². The Morgan fingerprint density at radius 3 is 2.16 bits per heavy atom. The van der Waals surface area contributed by atoms with Gasteiger partial charge in [0.25, 0.3) is 5.91 Å². The van der Waals surface area contributed by atoms with Crippen molar-refractivity contribution in [3.63, 3.8) is 0 Å². The third-order valence-electron chi connectivity index (χ3n) is 3.46. The summed E-state index contributed by atoms with van der Waals surface area (Å²) in [4.78, 5) is 11.5. The second-order valence-electron chi connectivity index (χ2n) is 5.11. The molecular formula is C18H22N2O5. The first kappa shape index (κ1) is 18.4. The summed E-state index contributed by atoms with van der Waals surface area (Å²) < 4.78 is 21.1. The number of carbonyl (C=O) groups is 1. The van der Waals surface area contributed by atoms with Crippen LogP contribution in [-0.2, 0) is 4.74 Å². The summed E-state index contributed by atoms with van der Waals surface area (Å²) in [6.45, 7) is 0.724. The molecule has 0 saturated carbocycles. The zero-order chi connectivity index (χ0) is 18.2. The molecule has 0 aliphatic carbocycles. The number of hydrogen-bond donors (Lipinski definition) is 2. The fourth-order valence-electron chi connectivity index (χ4n) is 2.24. The first-order chi connectivity index (χ1) is 12.1. The molecule has 25 heavy (non-hydrogen) atoms. The van der Waals surface area contributed by atoms with Crippen LogP contribution >= 0.6 is 0 Å². The Morgan fingerprint density at radius 1 is 0.920 bits per heavy atom. The zero-order valence-corrected chi connectivity index (χ0v) is 14.5. The highest BCUT2D eigenvalue weighted by atomic mass is 16.5. The van der Waals surface area contributed by atoms with E-state index in [4.69, 9.17) is 24.7 Å². The number of methoxy groups -OCH3 is 3. The molecule has 2 aromatic carbocycles. The number of carbonyl (C=O) groups excluding carboxylic acids is 1. The summed E-state index contributed by atoms with van der Waals surface area (Å²) in [5, 5.41) is 3.23. The molecule has 0 aliphatic heterocycles. The second kappa shape index (κ2) is 8.79. The van der Waals surface area contributed by atoms with E-state index in [-0.39, 0.29) is 0 Å². The monoisotopic (exact) mass is 346 g/mol. The van der Waals surface area contributed by atoms with Crippen molar-refractivity contribution in [3.8, 4) is 17.2 Å². The summed E-state index contributed by atoms with van der Waals surface area (Å²) in [7, 11) is 4.73. The molecule has 2 aromatic rings. The van der Waals surface area contributed by atoms with Crippen molar-refractivity contribution >= 4 is 17.3 Å². The van der Waals surface area contributed by atoms with E-state index < -0.39 is 5.91 Å². The summed E-state index contributed by atoms with van der Waals surface area (Å²) in [6, 6.07) is 10.6. The molecule has 0 radical (unpaired) electrons. The van der Waals surface area contributed by atoms with Crippen LogP contribution in [0.15, 0.2) is 36.4 Å². The van der Waals surface area contributed by atoms with E-state index in [1.54, 1.807) is 45.6 Å². The molecule has 0 aliphatic rings. The summed E-state index contributed by atoms with van der Waals surface area (Å²) in [6.07, 6.45) is 0. The number of benzene rings is 2. The Hall–Kier alpha value is -2.93. The van der Waals surface area contributed by atoms with Gasteiger partial charge in [-0.1, -0.05) is 0 Å². The number of rotatable bonds is 9. The fraction of sp³-hybridized carbons (Fsp3) is 0.278. The van der Waals surface area contributed by atoms with Crippen LogP contribution in [0.25, 0.3) is 0 Å². The highest BCUT2D eigenvalue weighted by Crippen LogP contribution is 2.32. The Morgan fingerprint density at radius 2 is 1.56 bits per heavy atom. The first-order valence-electron chi connectivity index (χ1n) is 7.63. The van der Waals surface area contributed by atoms with Gasteiger partial charge in [-0.15, -0.1) is 0 Å².